The van der Waals surface area contributed by atoms with Crippen LogP contribution in [0.2, 0.25) is 0 Å². The highest BCUT2D eigenvalue weighted by Gasteiger charge is 2.43. The molecule has 3 rings (SSSR count). The molecule has 122 valence electrons. The van der Waals surface area contributed by atoms with Gasteiger partial charge in [0.25, 0.3) is 0 Å². The number of hydrogen-bond acceptors (Lipinski definition) is 3. The van der Waals surface area contributed by atoms with Crippen LogP contribution in [0, 0.1) is 5.92 Å². The lowest BCUT2D eigenvalue weighted by atomic mass is 9.85. The fourth-order valence-corrected chi connectivity index (χ4v) is 3.79. The number of benzene rings is 1. The first-order valence-electron chi connectivity index (χ1n) is 8.81. The highest BCUT2D eigenvalue weighted by Crippen LogP contribution is 2.47. The van der Waals surface area contributed by atoms with Crippen molar-refractivity contribution in [1.29, 1.82) is 0 Å². The van der Waals surface area contributed by atoms with E-state index in [1.807, 2.05) is 13.0 Å². The van der Waals surface area contributed by atoms with Gasteiger partial charge < -0.3 is 14.8 Å². The summed E-state index contributed by atoms with van der Waals surface area (Å²) < 4.78 is 12.1. The van der Waals surface area contributed by atoms with Crippen LogP contribution in [0.1, 0.15) is 64.5 Å². The average Bonchev–Trinajstić information content (AvgIpc) is 2.93. The standard InChI is InChI=1S/C19H29NO2/c1-4-21-15-7-8-18-16(11-15)17(20-13-14(2)3)12-19(22-18)9-5-6-10-19/h7-8,11,14,17,20H,4-6,9-10,12-13H2,1-3H3. The van der Waals surface area contributed by atoms with Crippen LogP contribution in [0.5, 0.6) is 11.5 Å². The van der Waals surface area contributed by atoms with Gasteiger partial charge in [-0.05, 0) is 63.3 Å². The lowest BCUT2D eigenvalue weighted by Gasteiger charge is -2.40. The molecule has 0 saturated heterocycles. The maximum absolute atomic E-state index is 6.46. The number of hydrogen-bond donors (Lipinski definition) is 1. The molecule has 1 aromatic rings. The maximum atomic E-state index is 6.46. The van der Waals surface area contributed by atoms with Gasteiger partial charge in [0.1, 0.15) is 17.1 Å². The van der Waals surface area contributed by atoms with Crippen LogP contribution in [0.15, 0.2) is 18.2 Å². The van der Waals surface area contributed by atoms with Gasteiger partial charge in [0.15, 0.2) is 0 Å². The zero-order valence-electron chi connectivity index (χ0n) is 14.2. The Morgan fingerprint density at radius 3 is 2.77 bits per heavy atom. The van der Waals surface area contributed by atoms with Crippen molar-refractivity contribution >= 4 is 0 Å². The van der Waals surface area contributed by atoms with Gasteiger partial charge in [0.2, 0.25) is 0 Å². The minimum absolute atomic E-state index is 0.0643. The molecule has 22 heavy (non-hydrogen) atoms. The van der Waals surface area contributed by atoms with Crippen LogP contribution in [0.4, 0.5) is 0 Å². The van der Waals surface area contributed by atoms with Gasteiger partial charge in [-0.3, -0.25) is 0 Å². The Hall–Kier alpha value is -1.22. The number of fused-ring (bicyclic) bond motifs is 1. The van der Waals surface area contributed by atoms with E-state index in [4.69, 9.17) is 9.47 Å². The van der Waals surface area contributed by atoms with Gasteiger partial charge in [-0.2, -0.15) is 0 Å². The van der Waals surface area contributed by atoms with Crippen LogP contribution < -0.4 is 14.8 Å². The van der Waals surface area contributed by atoms with Crippen molar-refractivity contribution in [2.45, 2.75) is 64.5 Å². The molecule has 1 N–H and O–H groups in total. The molecule has 1 aromatic carbocycles. The van der Waals surface area contributed by atoms with Gasteiger partial charge in [-0.25, -0.2) is 0 Å². The van der Waals surface area contributed by atoms with E-state index < -0.39 is 0 Å². The Labute approximate surface area is 134 Å². The molecule has 1 heterocycles. The Kier molecular flexibility index (Phi) is 4.62. The molecule has 0 amide bonds. The summed E-state index contributed by atoms with van der Waals surface area (Å²) in [5.74, 6) is 2.65. The SMILES string of the molecule is CCOc1ccc2c(c1)C(NCC(C)C)CC1(CCCC1)O2. The molecule has 1 aliphatic heterocycles. The van der Waals surface area contributed by atoms with E-state index in [2.05, 4.69) is 31.3 Å². The van der Waals surface area contributed by atoms with Gasteiger partial charge >= 0.3 is 0 Å². The van der Waals surface area contributed by atoms with E-state index in [9.17, 15) is 0 Å². The summed E-state index contributed by atoms with van der Waals surface area (Å²) in [7, 11) is 0. The van der Waals surface area contributed by atoms with Crippen LogP contribution >= 0.6 is 0 Å². The summed E-state index contributed by atoms with van der Waals surface area (Å²) in [6.07, 6.45) is 6.06. The molecule has 1 aliphatic carbocycles. The Morgan fingerprint density at radius 1 is 1.32 bits per heavy atom. The summed E-state index contributed by atoms with van der Waals surface area (Å²) in [4.78, 5) is 0. The number of nitrogens with one attached hydrogen (secondary N) is 1. The lowest BCUT2D eigenvalue weighted by Crippen LogP contribution is -2.42. The molecule has 0 radical (unpaired) electrons. The van der Waals surface area contributed by atoms with Gasteiger partial charge in [0, 0.05) is 18.0 Å². The summed E-state index contributed by atoms with van der Waals surface area (Å²) in [6.45, 7) is 8.29. The third-order valence-electron chi connectivity index (χ3n) is 4.86. The minimum Gasteiger partial charge on any atom is -0.494 e. The zero-order valence-corrected chi connectivity index (χ0v) is 14.2. The summed E-state index contributed by atoms with van der Waals surface area (Å²) >= 11 is 0. The van der Waals surface area contributed by atoms with Crippen molar-refractivity contribution in [3.63, 3.8) is 0 Å². The highest BCUT2D eigenvalue weighted by molar-refractivity contribution is 5.44. The van der Waals surface area contributed by atoms with E-state index in [-0.39, 0.29) is 5.60 Å². The first-order valence-corrected chi connectivity index (χ1v) is 8.81. The second-order valence-corrected chi connectivity index (χ2v) is 7.18. The molecular weight excluding hydrogens is 274 g/mol. The average molecular weight is 303 g/mol. The topological polar surface area (TPSA) is 30.5 Å². The minimum atomic E-state index is 0.0643. The van der Waals surface area contributed by atoms with E-state index in [1.54, 1.807) is 0 Å². The van der Waals surface area contributed by atoms with Crippen molar-refractivity contribution in [3.8, 4) is 11.5 Å². The van der Waals surface area contributed by atoms with E-state index in [0.717, 1.165) is 24.5 Å². The van der Waals surface area contributed by atoms with Crippen molar-refractivity contribution in [2.75, 3.05) is 13.2 Å². The molecule has 2 aliphatic rings. The molecule has 3 heteroatoms. The molecule has 0 bridgehead atoms. The fourth-order valence-electron chi connectivity index (χ4n) is 3.79. The zero-order chi connectivity index (χ0) is 15.6. The smallest absolute Gasteiger partial charge is 0.125 e. The molecular formula is C19H29NO2. The Morgan fingerprint density at radius 2 is 2.09 bits per heavy atom. The monoisotopic (exact) mass is 303 g/mol. The van der Waals surface area contributed by atoms with Crippen LogP contribution in [0.25, 0.3) is 0 Å². The third-order valence-corrected chi connectivity index (χ3v) is 4.86. The first-order chi connectivity index (χ1) is 10.6. The lowest BCUT2D eigenvalue weighted by molar-refractivity contribution is 0.0361. The molecule has 0 aromatic heterocycles. The maximum Gasteiger partial charge on any atom is 0.125 e. The molecule has 1 atom stereocenters. The van der Waals surface area contributed by atoms with Crippen molar-refractivity contribution in [2.24, 2.45) is 5.92 Å². The van der Waals surface area contributed by atoms with Gasteiger partial charge in [-0.1, -0.05) is 13.8 Å². The number of rotatable bonds is 5. The van der Waals surface area contributed by atoms with Crippen molar-refractivity contribution in [3.05, 3.63) is 23.8 Å². The fraction of sp³-hybridized carbons (Fsp3) is 0.684. The second-order valence-electron chi connectivity index (χ2n) is 7.18. The van der Waals surface area contributed by atoms with Gasteiger partial charge in [-0.15, -0.1) is 0 Å². The van der Waals surface area contributed by atoms with E-state index in [1.165, 1.54) is 31.2 Å². The van der Waals surface area contributed by atoms with Crippen molar-refractivity contribution in [1.82, 2.24) is 5.32 Å². The highest BCUT2D eigenvalue weighted by atomic mass is 16.5. The quantitative estimate of drug-likeness (QED) is 0.870. The Bertz CT molecular complexity index is 506. The van der Waals surface area contributed by atoms with Crippen LogP contribution in [-0.4, -0.2) is 18.8 Å². The molecule has 1 spiro atoms. The van der Waals surface area contributed by atoms with E-state index >= 15 is 0 Å². The predicted molar refractivity (Wildman–Crippen MR) is 89.6 cm³/mol. The predicted octanol–water partition coefficient (Wildman–Crippen LogP) is 4.47. The van der Waals surface area contributed by atoms with Gasteiger partial charge in [0.05, 0.1) is 6.61 Å². The third kappa shape index (κ3) is 3.24. The second kappa shape index (κ2) is 6.49. The molecule has 3 nitrogen and oxygen atoms in total. The van der Waals surface area contributed by atoms with Crippen LogP contribution in [-0.2, 0) is 0 Å². The summed E-state index contributed by atoms with van der Waals surface area (Å²) in [6, 6.07) is 6.68. The van der Waals surface area contributed by atoms with Crippen molar-refractivity contribution < 1.29 is 9.47 Å². The molecule has 1 fully saturated rings. The normalized spacial score (nSPS) is 22.6. The number of ether oxygens (including phenoxy) is 2. The molecule has 1 unspecified atom stereocenters. The van der Waals surface area contributed by atoms with E-state index in [0.29, 0.717) is 18.6 Å². The summed E-state index contributed by atoms with van der Waals surface area (Å²) in [5, 5.41) is 3.76. The molecule has 1 saturated carbocycles. The largest absolute Gasteiger partial charge is 0.494 e. The Balaban J connectivity index is 1.87. The van der Waals surface area contributed by atoms with Crippen LogP contribution in [0.3, 0.4) is 0 Å². The first kappa shape index (κ1) is 15.7. The summed E-state index contributed by atoms with van der Waals surface area (Å²) in [5.41, 5.74) is 1.33.